The van der Waals surface area contributed by atoms with Crippen LogP contribution in [-0.2, 0) is 4.79 Å². The van der Waals surface area contributed by atoms with Gasteiger partial charge in [-0.3, -0.25) is 4.79 Å². The first-order chi connectivity index (χ1) is 12.9. The van der Waals surface area contributed by atoms with Gasteiger partial charge in [-0.2, -0.15) is 0 Å². The van der Waals surface area contributed by atoms with Crippen molar-refractivity contribution in [2.45, 2.75) is 39.7 Å². The molecule has 0 saturated carbocycles. The molecule has 1 amide bonds. The van der Waals surface area contributed by atoms with Crippen molar-refractivity contribution in [3.63, 3.8) is 0 Å². The first-order valence-corrected chi connectivity index (χ1v) is 9.36. The zero-order chi connectivity index (χ0) is 19.4. The molecule has 0 aliphatic carbocycles. The normalized spacial score (nSPS) is 14.0. The predicted octanol–water partition coefficient (Wildman–Crippen LogP) is 4.15. The predicted molar refractivity (Wildman–Crippen MR) is 105 cm³/mol. The summed E-state index contributed by atoms with van der Waals surface area (Å²) in [4.78, 5) is 12.4. The molecule has 0 spiro atoms. The Hall–Kier alpha value is -2.69. The molecule has 0 aromatic heterocycles. The number of ether oxygens (including phenoxy) is 3. The summed E-state index contributed by atoms with van der Waals surface area (Å²) in [5.41, 5.74) is 3.18. The molecule has 5 heteroatoms. The van der Waals surface area contributed by atoms with E-state index >= 15 is 0 Å². The van der Waals surface area contributed by atoms with Crippen LogP contribution in [0, 0.1) is 6.92 Å². The highest BCUT2D eigenvalue weighted by molar-refractivity contribution is 5.78. The highest BCUT2D eigenvalue weighted by Gasteiger charge is 2.16. The largest absolute Gasteiger partial charge is 0.486 e. The van der Waals surface area contributed by atoms with E-state index in [4.69, 9.17) is 14.2 Å². The van der Waals surface area contributed by atoms with Crippen LogP contribution in [0.25, 0.3) is 0 Å². The van der Waals surface area contributed by atoms with Crippen molar-refractivity contribution in [1.29, 1.82) is 0 Å². The Morgan fingerprint density at radius 3 is 2.56 bits per heavy atom. The van der Waals surface area contributed by atoms with E-state index in [9.17, 15) is 4.79 Å². The van der Waals surface area contributed by atoms with Gasteiger partial charge in [0.2, 0.25) is 0 Å². The number of nitrogens with one attached hydrogen (secondary N) is 1. The maximum absolute atomic E-state index is 12.4. The molecular weight excluding hydrogens is 342 g/mol. The van der Waals surface area contributed by atoms with Crippen LogP contribution in [-0.4, -0.2) is 25.7 Å². The number of carbonyl (C=O) groups excluding carboxylic acids is 1. The van der Waals surface area contributed by atoms with Gasteiger partial charge in [-0.1, -0.05) is 32.0 Å². The van der Waals surface area contributed by atoms with Crippen LogP contribution >= 0.6 is 0 Å². The van der Waals surface area contributed by atoms with Crippen LogP contribution in [0.4, 0.5) is 0 Å². The third kappa shape index (κ3) is 4.73. The van der Waals surface area contributed by atoms with Gasteiger partial charge in [0.1, 0.15) is 19.0 Å². The third-order valence-electron chi connectivity index (χ3n) is 4.59. The van der Waals surface area contributed by atoms with E-state index < -0.39 is 0 Å². The zero-order valence-corrected chi connectivity index (χ0v) is 16.4. The minimum atomic E-state index is -0.159. The van der Waals surface area contributed by atoms with Crippen molar-refractivity contribution in [2.24, 2.45) is 0 Å². The van der Waals surface area contributed by atoms with E-state index in [1.54, 1.807) is 0 Å². The fourth-order valence-corrected chi connectivity index (χ4v) is 3.08. The smallest absolute Gasteiger partial charge is 0.258 e. The zero-order valence-electron chi connectivity index (χ0n) is 16.4. The van der Waals surface area contributed by atoms with Gasteiger partial charge >= 0.3 is 0 Å². The molecule has 1 atom stereocenters. The monoisotopic (exact) mass is 369 g/mol. The van der Waals surface area contributed by atoms with E-state index in [1.807, 2.05) is 38.1 Å². The molecular formula is C22H27NO4. The molecule has 1 N–H and O–H groups in total. The summed E-state index contributed by atoms with van der Waals surface area (Å²) in [6, 6.07) is 11.7. The van der Waals surface area contributed by atoms with E-state index in [-0.39, 0.29) is 18.6 Å². The van der Waals surface area contributed by atoms with Crippen molar-refractivity contribution < 1.29 is 19.0 Å². The number of fused-ring (bicyclic) bond motifs is 1. The average molecular weight is 369 g/mol. The van der Waals surface area contributed by atoms with Crippen molar-refractivity contribution in [3.8, 4) is 17.2 Å². The number of hydrogen-bond donors (Lipinski definition) is 1. The molecule has 0 fully saturated rings. The second kappa shape index (κ2) is 8.33. The molecule has 144 valence electrons. The summed E-state index contributed by atoms with van der Waals surface area (Å²) < 4.78 is 17.0. The molecule has 2 aromatic rings. The Kier molecular flexibility index (Phi) is 5.89. The van der Waals surface area contributed by atoms with Crippen molar-refractivity contribution >= 4 is 5.91 Å². The lowest BCUT2D eigenvalue weighted by Crippen LogP contribution is -2.31. The topological polar surface area (TPSA) is 56.8 Å². The van der Waals surface area contributed by atoms with Crippen molar-refractivity contribution in [2.75, 3.05) is 19.8 Å². The summed E-state index contributed by atoms with van der Waals surface area (Å²) >= 11 is 0. The molecule has 2 aromatic carbocycles. The Labute approximate surface area is 160 Å². The standard InChI is InChI=1S/C22H27NO4/c1-14(2)18-7-5-15(3)11-20(18)27-13-22(24)23-16(4)17-6-8-19-21(12-17)26-10-9-25-19/h5-8,11-12,14,16H,9-10,13H2,1-4H3,(H,23,24). The quantitative estimate of drug-likeness (QED) is 0.831. The number of rotatable bonds is 6. The van der Waals surface area contributed by atoms with Crippen LogP contribution in [0.5, 0.6) is 17.2 Å². The number of hydrogen-bond acceptors (Lipinski definition) is 4. The van der Waals surface area contributed by atoms with Gasteiger partial charge in [-0.15, -0.1) is 0 Å². The highest BCUT2D eigenvalue weighted by Crippen LogP contribution is 2.32. The highest BCUT2D eigenvalue weighted by atomic mass is 16.6. The molecule has 1 aliphatic rings. The summed E-state index contributed by atoms with van der Waals surface area (Å²) in [6.07, 6.45) is 0. The van der Waals surface area contributed by atoms with Gasteiger partial charge < -0.3 is 19.5 Å². The van der Waals surface area contributed by atoms with E-state index in [2.05, 4.69) is 31.3 Å². The molecule has 3 rings (SSSR count). The fourth-order valence-electron chi connectivity index (χ4n) is 3.08. The first kappa shape index (κ1) is 19.1. The number of amides is 1. The molecule has 1 unspecified atom stereocenters. The summed E-state index contributed by atoms with van der Waals surface area (Å²) in [6.45, 7) is 9.27. The van der Waals surface area contributed by atoms with E-state index in [0.717, 1.165) is 33.9 Å². The van der Waals surface area contributed by atoms with Gasteiger partial charge in [-0.05, 0) is 54.7 Å². The van der Waals surface area contributed by atoms with Gasteiger partial charge in [0.25, 0.3) is 5.91 Å². The second-order valence-corrected chi connectivity index (χ2v) is 7.18. The lowest BCUT2D eigenvalue weighted by Gasteiger charge is -2.21. The Morgan fingerprint density at radius 2 is 1.81 bits per heavy atom. The lowest BCUT2D eigenvalue weighted by molar-refractivity contribution is -0.123. The van der Waals surface area contributed by atoms with Crippen LogP contribution in [0.3, 0.4) is 0 Å². The lowest BCUT2D eigenvalue weighted by atomic mass is 10.0. The van der Waals surface area contributed by atoms with Crippen LogP contribution in [0.15, 0.2) is 36.4 Å². The first-order valence-electron chi connectivity index (χ1n) is 9.36. The number of aryl methyl sites for hydroxylation is 1. The van der Waals surface area contributed by atoms with E-state index in [1.165, 1.54) is 0 Å². The van der Waals surface area contributed by atoms with Gasteiger partial charge in [0, 0.05) is 0 Å². The molecule has 27 heavy (non-hydrogen) atoms. The summed E-state index contributed by atoms with van der Waals surface area (Å²) in [5, 5.41) is 2.98. The van der Waals surface area contributed by atoms with Gasteiger partial charge in [0.05, 0.1) is 6.04 Å². The molecule has 1 heterocycles. The molecule has 0 bridgehead atoms. The van der Waals surface area contributed by atoms with Crippen molar-refractivity contribution in [3.05, 3.63) is 53.1 Å². The number of carbonyl (C=O) groups is 1. The molecule has 5 nitrogen and oxygen atoms in total. The van der Waals surface area contributed by atoms with Crippen molar-refractivity contribution in [1.82, 2.24) is 5.32 Å². The molecule has 0 radical (unpaired) electrons. The van der Waals surface area contributed by atoms with Crippen LogP contribution in [0.2, 0.25) is 0 Å². The number of benzene rings is 2. The summed E-state index contributed by atoms with van der Waals surface area (Å²) in [7, 11) is 0. The minimum absolute atomic E-state index is 0.0158. The Morgan fingerprint density at radius 1 is 1.07 bits per heavy atom. The Balaban J connectivity index is 1.60. The summed E-state index contributed by atoms with van der Waals surface area (Å²) in [5.74, 6) is 2.41. The molecule has 0 saturated heterocycles. The maximum Gasteiger partial charge on any atom is 0.258 e. The Bertz CT molecular complexity index is 816. The molecule has 1 aliphatic heterocycles. The van der Waals surface area contributed by atoms with Crippen LogP contribution < -0.4 is 19.5 Å². The average Bonchev–Trinajstić information content (AvgIpc) is 2.65. The van der Waals surface area contributed by atoms with Gasteiger partial charge in [0.15, 0.2) is 18.1 Å². The minimum Gasteiger partial charge on any atom is -0.486 e. The third-order valence-corrected chi connectivity index (χ3v) is 4.59. The van der Waals surface area contributed by atoms with Crippen LogP contribution in [0.1, 0.15) is 49.4 Å². The fraction of sp³-hybridized carbons (Fsp3) is 0.409. The van der Waals surface area contributed by atoms with Gasteiger partial charge in [-0.25, -0.2) is 0 Å². The van der Waals surface area contributed by atoms with E-state index in [0.29, 0.717) is 19.1 Å². The SMILES string of the molecule is Cc1ccc(C(C)C)c(OCC(=O)NC(C)c2ccc3c(c2)OCCO3)c1. The maximum atomic E-state index is 12.4. The second-order valence-electron chi connectivity index (χ2n) is 7.18.